The van der Waals surface area contributed by atoms with Gasteiger partial charge < -0.3 is 5.21 Å². The third kappa shape index (κ3) is 2.04. The van der Waals surface area contributed by atoms with Crippen molar-refractivity contribution in [3.05, 3.63) is 5.21 Å². The Morgan fingerprint density at radius 1 is 1.00 bits per heavy atom. The first-order valence-corrected chi connectivity index (χ1v) is 5.68. The van der Waals surface area contributed by atoms with E-state index < -0.39 is 0 Å². The molecule has 0 saturated heterocycles. The summed E-state index contributed by atoms with van der Waals surface area (Å²) < 4.78 is 1.29. The average molecular weight is 181 g/mol. The average Bonchev–Trinajstić information content (AvgIpc) is 2.07. The highest BCUT2D eigenvalue weighted by Gasteiger charge is 2.27. The van der Waals surface area contributed by atoms with E-state index in [1.807, 2.05) is 0 Å². The fraction of sp³-hybridized carbons (Fsp3) is 0.909. The van der Waals surface area contributed by atoms with E-state index in [1.54, 1.807) is 0 Å². The van der Waals surface area contributed by atoms with Crippen molar-refractivity contribution in [1.82, 2.24) is 0 Å². The molecule has 1 aliphatic carbocycles. The van der Waals surface area contributed by atoms with Gasteiger partial charge in [0.2, 0.25) is 0 Å². The van der Waals surface area contributed by atoms with Crippen molar-refractivity contribution >= 4 is 5.71 Å². The SMILES string of the molecule is [O-][N+]1=C2CCCCCCC2CCC1. The smallest absolute Gasteiger partial charge is 0.166 e. The first-order chi connectivity index (χ1) is 6.38. The highest BCUT2D eigenvalue weighted by molar-refractivity contribution is 5.82. The summed E-state index contributed by atoms with van der Waals surface area (Å²) in [5.74, 6) is 0.645. The molecule has 1 atom stereocenters. The van der Waals surface area contributed by atoms with Crippen LogP contribution in [0.5, 0.6) is 0 Å². The van der Waals surface area contributed by atoms with Crippen LogP contribution in [0, 0.1) is 11.1 Å². The van der Waals surface area contributed by atoms with Crippen LogP contribution in [0.25, 0.3) is 0 Å². The summed E-state index contributed by atoms with van der Waals surface area (Å²) in [6, 6.07) is 0. The van der Waals surface area contributed by atoms with Crippen LogP contribution < -0.4 is 0 Å². The zero-order valence-corrected chi connectivity index (χ0v) is 8.30. The van der Waals surface area contributed by atoms with Gasteiger partial charge in [0.1, 0.15) is 0 Å². The maximum absolute atomic E-state index is 11.6. The minimum Gasteiger partial charge on any atom is -0.624 e. The maximum atomic E-state index is 11.6. The zero-order chi connectivity index (χ0) is 9.10. The van der Waals surface area contributed by atoms with Crippen molar-refractivity contribution < 1.29 is 4.74 Å². The number of hydrogen-bond donors (Lipinski definition) is 0. The summed E-state index contributed by atoms with van der Waals surface area (Å²) in [5.41, 5.74) is 1.23. The number of hydrogen-bond acceptors (Lipinski definition) is 1. The fourth-order valence-electron chi connectivity index (χ4n) is 2.69. The van der Waals surface area contributed by atoms with Crippen molar-refractivity contribution in [2.24, 2.45) is 5.92 Å². The predicted octanol–water partition coefficient (Wildman–Crippen LogP) is 2.70. The number of hydroxylamine groups is 1. The third-order valence-corrected chi connectivity index (χ3v) is 3.44. The van der Waals surface area contributed by atoms with Gasteiger partial charge in [-0.15, -0.1) is 0 Å². The van der Waals surface area contributed by atoms with E-state index >= 15 is 0 Å². The third-order valence-electron chi connectivity index (χ3n) is 3.44. The van der Waals surface area contributed by atoms with Crippen LogP contribution in [0.4, 0.5) is 0 Å². The van der Waals surface area contributed by atoms with E-state index in [0.29, 0.717) is 5.92 Å². The quantitative estimate of drug-likeness (QED) is 0.417. The second-order valence-corrected chi connectivity index (χ2v) is 4.39. The molecule has 0 aromatic rings. The van der Waals surface area contributed by atoms with Crippen LogP contribution in [-0.2, 0) is 0 Å². The van der Waals surface area contributed by atoms with Gasteiger partial charge in [-0.1, -0.05) is 19.3 Å². The molecule has 1 aliphatic heterocycles. The topological polar surface area (TPSA) is 26.1 Å². The van der Waals surface area contributed by atoms with Gasteiger partial charge in [0.25, 0.3) is 0 Å². The van der Waals surface area contributed by atoms with Crippen LogP contribution in [0.15, 0.2) is 0 Å². The van der Waals surface area contributed by atoms with Gasteiger partial charge in [0, 0.05) is 18.8 Å². The Kier molecular flexibility index (Phi) is 2.87. The molecule has 1 heterocycles. The summed E-state index contributed by atoms with van der Waals surface area (Å²) in [4.78, 5) is 0. The summed E-state index contributed by atoms with van der Waals surface area (Å²) in [7, 11) is 0. The Balaban J connectivity index is 2.11. The molecule has 2 rings (SSSR count). The Morgan fingerprint density at radius 2 is 1.77 bits per heavy atom. The van der Waals surface area contributed by atoms with E-state index in [-0.39, 0.29) is 0 Å². The van der Waals surface area contributed by atoms with Crippen molar-refractivity contribution in [3.8, 4) is 0 Å². The Labute approximate surface area is 80.2 Å². The molecule has 2 aliphatic rings. The summed E-state index contributed by atoms with van der Waals surface area (Å²) in [5, 5.41) is 11.6. The van der Waals surface area contributed by atoms with E-state index in [2.05, 4.69) is 0 Å². The van der Waals surface area contributed by atoms with Crippen LogP contribution in [-0.4, -0.2) is 17.0 Å². The molecule has 1 saturated carbocycles. The molecule has 1 fully saturated rings. The van der Waals surface area contributed by atoms with Crippen molar-refractivity contribution in [2.75, 3.05) is 6.54 Å². The zero-order valence-electron chi connectivity index (χ0n) is 8.30. The van der Waals surface area contributed by atoms with Gasteiger partial charge in [-0.3, -0.25) is 0 Å². The Hall–Kier alpha value is -0.530. The standard InChI is InChI=1S/C11H19NO/c13-12-9-5-7-10-6-3-1-2-4-8-11(10)12/h10H,1-9H2. The number of nitrogens with zero attached hydrogens (tertiary/aromatic N) is 1. The molecule has 2 heteroatoms. The van der Waals surface area contributed by atoms with Gasteiger partial charge in [-0.2, -0.15) is 0 Å². The monoisotopic (exact) mass is 181 g/mol. The summed E-state index contributed by atoms with van der Waals surface area (Å²) in [6.07, 6.45) is 10.0. The van der Waals surface area contributed by atoms with E-state index in [9.17, 15) is 5.21 Å². The van der Waals surface area contributed by atoms with Gasteiger partial charge in [-0.25, -0.2) is 4.74 Å². The highest BCUT2D eigenvalue weighted by Crippen LogP contribution is 2.26. The second-order valence-electron chi connectivity index (χ2n) is 4.39. The summed E-state index contributed by atoms with van der Waals surface area (Å²) >= 11 is 0. The van der Waals surface area contributed by atoms with Gasteiger partial charge in [-0.05, 0) is 19.3 Å². The van der Waals surface area contributed by atoms with Crippen molar-refractivity contribution in [1.29, 1.82) is 0 Å². The van der Waals surface area contributed by atoms with Crippen LogP contribution in [0.1, 0.15) is 51.4 Å². The lowest BCUT2D eigenvalue weighted by Crippen LogP contribution is -2.31. The molecule has 0 amide bonds. The molecule has 13 heavy (non-hydrogen) atoms. The second kappa shape index (κ2) is 4.12. The first-order valence-electron chi connectivity index (χ1n) is 5.68. The molecule has 1 unspecified atom stereocenters. The molecular formula is C11H19NO. The van der Waals surface area contributed by atoms with Crippen molar-refractivity contribution in [2.45, 2.75) is 51.4 Å². The van der Waals surface area contributed by atoms with E-state index in [1.165, 1.54) is 49.0 Å². The molecular weight excluding hydrogens is 162 g/mol. The minimum atomic E-state index is 0.645. The molecule has 0 N–H and O–H groups in total. The molecule has 0 bridgehead atoms. The lowest BCUT2D eigenvalue weighted by atomic mass is 9.84. The molecule has 0 aromatic carbocycles. The lowest BCUT2D eigenvalue weighted by molar-refractivity contribution is -0.468. The normalized spacial score (nSPS) is 30.6. The van der Waals surface area contributed by atoms with E-state index in [4.69, 9.17) is 0 Å². The minimum absolute atomic E-state index is 0.645. The van der Waals surface area contributed by atoms with Crippen LogP contribution >= 0.6 is 0 Å². The van der Waals surface area contributed by atoms with Gasteiger partial charge >= 0.3 is 0 Å². The lowest BCUT2D eigenvalue weighted by Gasteiger charge is -2.25. The first kappa shape index (κ1) is 9.04. The highest BCUT2D eigenvalue weighted by atomic mass is 16.5. The number of rotatable bonds is 0. The predicted molar refractivity (Wildman–Crippen MR) is 53.9 cm³/mol. The van der Waals surface area contributed by atoms with Crippen LogP contribution in [0.2, 0.25) is 0 Å². The van der Waals surface area contributed by atoms with Crippen molar-refractivity contribution in [3.63, 3.8) is 0 Å². The maximum Gasteiger partial charge on any atom is 0.166 e. The molecule has 0 radical (unpaired) electrons. The number of fused-ring (bicyclic) bond motifs is 1. The van der Waals surface area contributed by atoms with Crippen LogP contribution in [0.3, 0.4) is 0 Å². The van der Waals surface area contributed by atoms with Gasteiger partial charge in [0.05, 0.1) is 0 Å². The molecule has 0 spiro atoms. The summed E-state index contributed by atoms with van der Waals surface area (Å²) in [6.45, 7) is 0.756. The van der Waals surface area contributed by atoms with E-state index in [0.717, 1.165) is 19.4 Å². The Bertz CT molecular complexity index is 210. The fourth-order valence-corrected chi connectivity index (χ4v) is 2.69. The molecule has 2 nitrogen and oxygen atoms in total. The molecule has 74 valence electrons. The van der Waals surface area contributed by atoms with Gasteiger partial charge in [0.15, 0.2) is 12.3 Å². The Morgan fingerprint density at radius 3 is 2.69 bits per heavy atom. The largest absolute Gasteiger partial charge is 0.624 e. The molecule has 0 aromatic heterocycles.